The summed E-state index contributed by atoms with van der Waals surface area (Å²) in [5, 5.41) is 11.8. The van der Waals surface area contributed by atoms with Crippen LogP contribution in [0.3, 0.4) is 0 Å². The maximum absolute atomic E-state index is 8.71. The molecule has 1 aromatic rings. The molecule has 0 spiro atoms. The molecule has 0 radical (unpaired) electrons. The normalized spacial score (nSPS) is 15.0. The van der Waals surface area contributed by atoms with E-state index in [1.165, 1.54) is 19.0 Å². The van der Waals surface area contributed by atoms with E-state index in [2.05, 4.69) is 15.3 Å². The zero-order valence-corrected chi connectivity index (χ0v) is 7.20. The quantitative estimate of drug-likeness (QED) is 0.747. The van der Waals surface area contributed by atoms with Crippen molar-refractivity contribution in [2.24, 2.45) is 5.92 Å². The summed E-state index contributed by atoms with van der Waals surface area (Å²) in [5.74, 6) is 1.38. The van der Waals surface area contributed by atoms with Crippen LogP contribution in [-0.4, -0.2) is 16.5 Å². The number of nitrogens with zero attached hydrogens (tertiary/aromatic N) is 3. The van der Waals surface area contributed by atoms with Gasteiger partial charge in [0.2, 0.25) is 0 Å². The molecule has 1 aliphatic rings. The van der Waals surface area contributed by atoms with E-state index in [9.17, 15) is 0 Å². The van der Waals surface area contributed by atoms with Gasteiger partial charge in [-0.05, 0) is 18.8 Å². The van der Waals surface area contributed by atoms with Crippen molar-refractivity contribution in [3.8, 4) is 6.07 Å². The highest BCUT2D eigenvalue weighted by Crippen LogP contribution is 2.28. The van der Waals surface area contributed by atoms with Crippen molar-refractivity contribution in [1.29, 1.82) is 5.26 Å². The molecule has 0 bridgehead atoms. The number of rotatable bonds is 3. The highest BCUT2D eigenvalue weighted by Gasteiger charge is 2.21. The summed E-state index contributed by atoms with van der Waals surface area (Å²) in [4.78, 5) is 7.96. The summed E-state index contributed by atoms with van der Waals surface area (Å²) in [7, 11) is 0. The fraction of sp³-hybridized carbons (Fsp3) is 0.444. The molecular formula is C9H10N4. The summed E-state index contributed by atoms with van der Waals surface area (Å²) < 4.78 is 0. The van der Waals surface area contributed by atoms with Crippen LogP contribution >= 0.6 is 0 Å². The van der Waals surface area contributed by atoms with E-state index < -0.39 is 0 Å². The highest BCUT2D eigenvalue weighted by molar-refractivity contribution is 5.46. The number of aromatic nitrogens is 2. The number of anilines is 1. The molecule has 1 N–H and O–H groups in total. The fourth-order valence-electron chi connectivity index (χ4n) is 1.11. The lowest BCUT2D eigenvalue weighted by Crippen LogP contribution is -2.07. The molecule has 1 aromatic heterocycles. The molecular weight excluding hydrogens is 164 g/mol. The second-order valence-corrected chi connectivity index (χ2v) is 3.19. The molecule has 13 heavy (non-hydrogen) atoms. The average molecular weight is 174 g/mol. The van der Waals surface area contributed by atoms with E-state index in [1.807, 2.05) is 6.07 Å². The number of hydrogen-bond donors (Lipinski definition) is 1. The van der Waals surface area contributed by atoms with Crippen molar-refractivity contribution in [3.05, 3.63) is 18.1 Å². The molecule has 0 saturated heterocycles. The molecule has 0 aromatic carbocycles. The van der Waals surface area contributed by atoms with Crippen LogP contribution in [0.15, 0.2) is 12.4 Å². The van der Waals surface area contributed by atoms with E-state index in [-0.39, 0.29) is 0 Å². The Labute approximate surface area is 76.6 Å². The zero-order chi connectivity index (χ0) is 9.10. The van der Waals surface area contributed by atoms with Crippen LogP contribution < -0.4 is 5.32 Å². The number of nitrogens with one attached hydrogen (secondary N) is 1. The molecule has 0 aliphatic heterocycles. The summed E-state index contributed by atoms with van der Waals surface area (Å²) in [6.45, 7) is 0.910. The Balaban J connectivity index is 2.05. The average Bonchev–Trinajstić information content (AvgIpc) is 2.99. The van der Waals surface area contributed by atoms with Crippen LogP contribution in [-0.2, 0) is 0 Å². The molecule has 0 amide bonds. The van der Waals surface area contributed by atoms with Gasteiger partial charge in [0.1, 0.15) is 6.07 Å². The largest absolute Gasteiger partial charge is 0.367 e. The highest BCUT2D eigenvalue weighted by atomic mass is 15.0. The van der Waals surface area contributed by atoms with Gasteiger partial charge in [-0.3, -0.25) is 0 Å². The van der Waals surface area contributed by atoms with E-state index in [0.29, 0.717) is 11.5 Å². The van der Waals surface area contributed by atoms with Crippen molar-refractivity contribution < 1.29 is 0 Å². The summed E-state index contributed by atoms with van der Waals surface area (Å²) in [6, 6.07) is 2.00. The lowest BCUT2D eigenvalue weighted by atomic mass is 10.4. The Bertz CT molecular complexity index is 338. The van der Waals surface area contributed by atoms with Gasteiger partial charge in [0.25, 0.3) is 0 Å². The zero-order valence-electron chi connectivity index (χ0n) is 7.20. The molecule has 2 rings (SSSR count). The van der Waals surface area contributed by atoms with Gasteiger partial charge in [0.15, 0.2) is 11.5 Å². The van der Waals surface area contributed by atoms with Gasteiger partial charge < -0.3 is 5.32 Å². The summed E-state index contributed by atoms with van der Waals surface area (Å²) >= 11 is 0. The smallest absolute Gasteiger partial charge is 0.182 e. The maximum atomic E-state index is 8.71. The van der Waals surface area contributed by atoms with Gasteiger partial charge in [-0.25, -0.2) is 9.97 Å². The predicted molar refractivity (Wildman–Crippen MR) is 48.0 cm³/mol. The third-order valence-electron chi connectivity index (χ3n) is 2.06. The predicted octanol–water partition coefficient (Wildman–Crippen LogP) is 1.17. The Morgan fingerprint density at radius 1 is 1.46 bits per heavy atom. The molecule has 1 heterocycles. The fourth-order valence-corrected chi connectivity index (χ4v) is 1.11. The minimum atomic E-state index is 0.378. The minimum Gasteiger partial charge on any atom is -0.367 e. The van der Waals surface area contributed by atoms with Gasteiger partial charge in [0, 0.05) is 18.9 Å². The standard InChI is InChI=1S/C9H10N4/c10-5-8-9(12-4-3-11-8)13-6-7-1-2-7/h3-4,7H,1-2,6H2,(H,12,13). The third kappa shape index (κ3) is 1.94. The second-order valence-electron chi connectivity index (χ2n) is 3.19. The van der Waals surface area contributed by atoms with Crippen LogP contribution in [0, 0.1) is 17.2 Å². The maximum Gasteiger partial charge on any atom is 0.182 e. The van der Waals surface area contributed by atoms with Crippen LogP contribution in [0.4, 0.5) is 5.82 Å². The van der Waals surface area contributed by atoms with Gasteiger partial charge in [-0.2, -0.15) is 5.26 Å². The first-order chi connectivity index (χ1) is 6.40. The Hall–Kier alpha value is -1.63. The Kier molecular flexibility index (Phi) is 2.09. The van der Waals surface area contributed by atoms with Crippen LogP contribution in [0.25, 0.3) is 0 Å². The first-order valence-electron chi connectivity index (χ1n) is 4.35. The minimum absolute atomic E-state index is 0.378. The molecule has 1 saturated carbocycles. The van der Waals surface area contributed by atoms with E-state index >= 15 is 0 Å². The lowest BCUT2D eigenvalue weighted by molar-refractivity contribution is 0.879. The van der Waals surface area contributed by atoms with Crippen molar-refractivity contribution in [2.45, 2.75) is 12.8 Å². The number of nitriles is 1. The van der Waals surface area contributed by atoms with Crippen molar-refractivity contribution in [3.63, 3.8) is 0 Å². The van der Waals surface area contributed by atoms with Gasteiger partial charge in [-0.15, -0.1) is 0 Å². The number of hydrogen-bond acceptors (Lipinski definition) is 4. The van der Waals surface area contributed by atoms with Gasteiger partial charge in [0.05, 0.1) is 0 Å². The van der Waals surface area contributed by atoms with Gasteiger partial charge in [-0.1, -0.05) is 0 Å². The monoisotopic (exact) mass is 174 g/mol. The molecule has 4 heteroatoms. The van der Waals surface area contributed by atoms with E-state index in [0.717, 1.165) is 12.5 Å². The molecule has 66 valence electrons. The molecule has 1 fully saturated rings. The van der Waals surface area contributed by atoms with Crippen molar-refractivity contribution in [1.82, 2.24) is 9.97 Å². The molecule has 1 aliphatic carbocycles. The van der Waals surface area contributed by atoms with E-state index in [4.69, 9.17) is 5.26 Å². The van der Waals surface area contributed by atoms with Gasteiger partial charge >= 0.3 is 0 Å². The molecule has 0 unspecified atom stereocenters. The lowest BCUT2D eigenvalue weighted by Gasteiger charge is -2.03. The topological polar surface area (TPSA) is 61.6 Å². The van der Waals surface area contributed by atoms with Crippen molar-refractivity contribution >= 4 is 5.82 Å². The summed E-state index contributed by atoms with van der Waals surface area (Å²) in [5.41, 5.74) is 0.378. The Morgan fingerprint density at radius 2 is 2.23 bits per heavy atom. The molecule has 0 atom stereocenters. The van der Waals surface area contributed by atoms with E-state index in [1.54, 1.807) is 6.20 Å². The molecule has 4 nitrogen and oxygen atoms in total. The van der Waals surface area contributed by atoms with Crippen molar-refractivity contribution in [2.75, 3.05) is 11.9 Å². The first kappa shape index (κ1) is 7.99. The van der Waals surface area contributed by atoms with Crippen LogP contribution in [0.5, 0.6) is 0 Å². The summed E-state index contributed by atoms with van der Waals surface area (Å²) in [6.07, 6.45) is 5.70. The SMILES string of the molecule is N#Cc1nccnc1NCC1CC1. The Morgan fingerprint density at radius 3 is 2.92 bits per heavy atom. The first-order valence-corrected chi connectivity index (χ1v) is 4.35. The second kappa shape index (κ2) is 3.40. The van der Waals surface area contributed by atoms with Crippen LogP contribution in [0.1, 0.15) is 18.5 Å². The third-order valence-corrected chi connectivity index (χ3v) is 2.06. The van der Waals surface area contributed by atoms with Crippen LogP contribution in [0.2, 0.25) is 0 Å².